The molecule has 0 bridgehead atoms. The second kappa shape index (κ2) is 7.00. The molecule has 0 spiro atoms. The van der Waals surface area contributed by atoms with E-state index in [0.29, 0.717) is 12.5 Å². The zero-order valence-electron chi connectivity index (χ0n) is 11.5. The largest absolute Gasteiger partial charge is 0.493 e. The van der Waals surface area contributed by atoms with Crippen molar-refractivity contribution in [3.8, 4) is 11.5 Å². The van der Waals surface area contributed by atoms with Gasteiger partial charge in [0.05, 0.1) is 18.7 Å². The molecule has 0 fully saturated rings. The molecule has 1 rings (SSSR count). The highest BCUT2D eigenvalue weighted by Crippen LogP contribution is 2.42. The Morgan fingerprint density at radius 1 is 1.28 bits per heavy atom. The third kappa shape index (κ3) is 3.18. The summed E-state index contributed by atoms with van der Waals surface area (Å²) >= 11 is 3.64. The molecule has 0 amide bonds. The SMILES string of the molecule is COc1cc(CCCN)c(C(C)C)c(Br)c1OC. The maximum absolute atomic E-state index is 5.60. The second-order valence-corrected chi connectivity index (χ2v) is 5.34. The van der Waals surface area contributed by atoms with Gasteiger partial charge in [-0.05, 0) is 58.4 Å². The van der Waals surface area contributed by atoms with Crippen LogP contribution in [0.4, 0.5) is 0 Å². The van der Waals surface area contributed by atoms with Crippen molar-refractivity contribution >= 4 is 15.9 Å². The Balaban J connectivity index is 3.34. The zero-order valence-corrected chi connectivity index (χ0v) is 13.1. The topological polar surface area (TPSA) is 44.5 Å². The minimum Gasteiger partial charge on any atom is -0.493 e. The molecule has 0 radical (unpaired) electrons. The molecule has 0 atom stereocenters. The monoisotopic (exact) mass is 315 g/mol. The number of hydrogen-bond acceptors (Lipinski definition) is 3. The van der Waals surface area contributed by atoms with Crippen LogP contribution >= 0.6 is 15.9 Å². The summed E-state index contributed by atoms with van der Waals surface area (Å²) in [4.78, 5) is 0. The van der Waals surface area contributed by atoms with E-state index < -0.39 is 0 Å². The first kappa shape index (κ1) is 15.3. The van der Waals surface area contributed by atoms with Gasteiger partial charge in [-0.25, -0.2) is 0 Å². The highest BCUT2D eigenvalue weighted by Gasteiger charge is 2.19. The lowest BCUT2D eigenvalue weighted by Gasteiger charge is -2.20. The number of halogens is 1. The molecule has 1 aromatic rings. The number of methoxy groups -OCH3 is 2. The van der Waals surface area contributed by atoms with Crippen molar-refractivity contribution in [1.82, 2.24) is 0 Å². The van der Waals surface area contributed by atoms with Gasteiger partial charge < -0.3 is 15.2 Å². The van der Waals surface area contributed by atoms with Crippen LogP contribution in [0.1, 0.15) is 37.3 Å². The van der Waals surface area contributed by atoms with Gasteiger partial charge >= 0.3 is 0 Å². The van der Waals surface area contributed by atoms with Crippen LogP contribution < -0.4 is 15.2 Å². The van der Waals surface area contributed by atoms with E-state index in [1.807, 2.05) is 0 Å². The first-order valence-electron chi connectivity index (χ1n) is 6.20. The Kier molecular flexibility index (Phi) is 5.96. The van der Waals surface area contributed by atoms with Crippen LogP contribution in [-0.4, -0.2) is 20.8 Å². The number of benzene rings is 1. The van der Waals surface area contributed by atoms with Gasteiger partial charge in [0.1, 0.15) is 0 Å². The van der Waals surface area contributed by atoms with Crippen LogP contribution in [0.2, 0.25) is 0 Å². The number of rotatable bonds is 6. The van der Waals surface area contributed by atoms with E-state index in [1.165, 1.54) is 11.1 Å². The molecule has 0 aliphatic rings. The van der Waals surface area contributed by atoms with Crippen molar-refractivity contribution in [2.75, 3.05) is 20.8 Å². The molecule has 0 aliphatic carbocycles. The molecule has 3 nitrogen and oxygen atoms in total. The van der Waals surface area contributed by atoms with E-state index in [1.54, 1.807) is 14.2 Å². The van der Waals surface area contributed by atoms with Gasteiger partial charge in [-0.3, -0.25) is 0 Å². The summed E-state index contributed by atoms with van der Waals surface area (Å²) in [6.45, 7) is 5.05. The van der Waals surface area contributed by atoms with Crippen LogP contribution in [-0.2, 0) is 6.42 Å². The summed E-state index contributed by atoms with van der Waals surface area (Å²) in [5, 5.41) is 0. The van der Waals surface area contributed by atoms with Crippen molar-refractivity contribution in [2.24, 2.45) is 5.73 Å². The van der Waals surface area contributed by atoms with Gasteiger partial charge in [0, 0.05) is 0 Å². The number of hydrogen-bond donors (Lipinski definition) is 1. The summed E-state index contributed by atoms with van der Waals surface area (Å²) in [6, 6.07) is 2.06. The molecular formula is C14H22BrNO2. The minimum absolute atomic E-state index is 0.423. The molecule has 4 heteroatoms. The van der Waals surface area contributed by atoms with Crippen LogP contribution in [0.15, 0.2) is 10.5 Å². The summed E-state index contributed by atoms with van der Waals surface area (Å²) in [7, 11) is 3.32. The second-order valence-electron chi connectivity index (χ2n) is 4.55. The van der Waals surface area contributed by atoms with Gasteiger partial charge in [0.15, 0.2) is 11.5 Å². The highest BCUT2D eigenvalue weighted by atomic mass is 79.9. The van der Waals surface area contributed by atoms with E-state index in [9.17, 15) is 0 Å². The van der Waals surface area contributed by atoms with Crippen molar-refractivity contribution in [2.45, 2.75) is 32.6 Å². The Labute approximate surface area is 118 Å². The average Bonchev–Trinajstić information content (AvgIpc) is 2.34. The maximum atomic E-state index is 5.60. The van der Waals surface area contributed by atoms with Gasteiger partial charge in [0.2, 0.25) is 0 Å². The molecule has 0 aliphatic heterocycles. The van der Waals surface area contributed by atoms with E-state index in [-0.39, 0.29) is 0 Å². The number of aryl methyl sites for hydroxylation is 1. The third-order valence-corrected chi connectivity index (χ3v) is 3.75. The Morgan fingerprint density at radius 3 is 2.39 bits per heavy atom. The van der Waals surface area contributed by atoms with Gasteiger partial charge in [-0.1, -0.05) is 13.8 Å². The third-order valence-electron chi connectivity index (χ3n) is 2.96. The summed E-state index contributed by atoms with van der Waals surface area (Å²) in [5.74, 6) is 1.95. The average molecular weight is 316 g/mol. The molecular weight excluding hydrogens is 294 g/mol. The fraction of sp³-hybridized carbons (Fsp3) is 0.571. The molecule has 0 saturated carbocycles. The van der Waals surface area contributed by atoms with Crippen LogP contribution in [0, 0.1) is 0 Å². The van der Waals surface area contributed by atoms with Crippen molar-refractivity contribution in [3.63, 3.8) is 0 Å². The maximum Gasteiger partial charge on any atom is 0.175 e. The Hall–Kier alpha value is -0.740. The van der Waals surface area contributed by atoms with E-state index >= 15 is 0 Å². The quantitative estimate of drug-likeness (QED) is 0.874. The fourth-order valence-electron chi connectivity index (χ4n) is 2.14. The van der Waals surface area contributed by atoms with Gasteiger partial charge in [-0.15, -0.1) is 0 Å². The molecule has 0 saturated heterocycles. The fourth-order valence-corrected chi connectivity index (χ4v) is 3.21. The van der Waals surface area contributed by atoms with E-state index in [4.69, 9.17) is 15.2 Å². The standard InChI is InChI=1S/C14H22BrNO2/c1-9(2)12-10(6-5-7-16)8-11(17-3)14(18-4)13(12)15/h8-9H,5-7,16H2,1-4H3. The number of nitrogens with two attached hydrogens (primary N) is 1. The van der Waals surface area contributed by atoms with Gasteiger partial charge in [-0.2, -0.15) is 0 Å². The van der Waals surface area contributed by atoms with Crippen LogP contribution in [0.3, 0.4) is 0 Å². The molecule has 1 aromatic carbocycles. The number of ether oxygens (including phenoxy) is 2. The smallest absolute Gasteiger partial charge is 0.175 e. The summed E-state index contributed by atoms with van der Waals surface area (Å²) in [5.41, 5.74) is 8.16. The summed E-state index contributed by atoms with van der Waals surface area (Å²) in [6.07, 6.45) is 1.94. The molecule has 0 heterocycles. The van der Waals surface area contributed by atoms with Crippen LogP contribution in [0.25, 0.3) is 0 Å². The lowest BCUT2D eigenvalue weighted by atomic mass is 9.93. The van der Waals surface area contributed by atoms with E-state index in [2.05, 4.69) is 35.8 Å². The minimum atomic E-state index is 0.423. The van der Waals surface area contributed by atoms with Gasteiger partial charge in [0.25, 0.3) is 0 Å². The molecule has 0 unspecified atom stereocenters. The molecule has 2 N–H and O–H groups in total. The Morgan fingerprint density at radius 2 is 1.94 bits per heavy atom. The molecule has 18 heavy (non-hydrogen) atoms. The van der Waals surface area contributed by atoms with Crippen molar-refractivity contribution in [3.05, 3.63) is 21.7 Å². The summed E-state index contributed by atoms with van der Waals surface area (Å²) < 4.78 is 11.8. The highest BCUT2D eigenvalue weighted by molar-refractivity contribution is 9.10. The van der Waals surface area contributed by atoms with E-state index in [0.717, 1.165) is 28.8 Å². The first-order chi connectivity index (χ1) is 8.56. The normalized spacial score (nSPS) is 10.8. The lowest BCUT2D eigenvalue weighted by molar-refractivity contribution is 0.351. The first-order valence-corrected chi connectivity index (χ1v) is 6.99. The predicted molar refractivity (Wildman–Crippen MR) is 78.7 cm³/mol. The van der Waals surface area contributed by atoms with Crippen molar-refractivity contribution in [1.29, 1.82) is 0 Å². The molecule has 0 aromatic heterocycles. The van der Waals surface area contributed by atoms with Crippen LogP contribution in [0.5, 0.6) is 11.5 Å². The Bertz CT molecular complexity index is 405. The predicted octanol–water partition coefficient (Wildman–Crippen LogP) is 3.48. The molecule has 102 valence electrons. The van der Waals surface area contributed by atoms with Crippen molar-refractivity contribution < 1.29 is 9.47 Å². The lowest BCUT2D eigenvalue weighted by Crippen LogP contribution is -2.06. The zero-order chi connectivity index (χ0) is 13.7.